The van der Waals surface area contributed by atoms with Crippen molar-refractivity contribution >= 4 is 34.5 Å². The summed E-state index contributed by atoms with van der Waals surface area (Å²) in [6, 6.07) is 5.54. The molecule has 0 unspecified atom stereocenters. The van der Waals surface area contributed by atoms with Crippen molar-refractivity contribution in [3.05, 3.63) is 34.5 Å². The van der Waals surface area contributed by atoms with E-state index in [2.05, 4.69) is 4.98 Å². The average molecular weight is 350 g/mol. The number of nitrogens with one attached hydrogen (secondary N) is 1. The highest BCUT2D eigenvalue weighted by atomic mass is 35.5. The average Bonchev–Trinajstić information content (AvgIpc) is 2.92. The number of hydrogen-bond acceptors (Lipinski definition) is 3. The maximum Gasteiger partial charge on any atom is 0.409 e. The van der Waals surface area contributed by atoms with Crippen LogP contribution in [0.3, 0.4) is 0 Å². The molecular formula is C17H20ClN3O3. The second kappa shape index (κ2) is 6.73. The molecule has 0 bridgehead atoms. The Kier molecular flexibility index (Phi) is 4.66. The molecule has 1 aliphatic heterocycles. The molecule has 0 aliphatic carbocycles. The number of aromatic nitrogens is 1. The number of aryl methyl sites for hydroxylation is 1. The number of ether oxygens (including phenoxy) is 1. The number of aromatic amines is 1. The number of nitrogens with zero attached hydrogens (tertiary/aromatic N) is 2. The zero-order valence-corrected chi connectivity index (χ0v) is 14.5. The van der Waals surface area contributed by atoms with E-state index < -0.39 is 0 Å². The standard InChI is InChI=1S/C17H20ClN3O3/c1-3-24-17(23)21-9-7-20(8-10-21)16(22)14-11(2)19-13-6-4-5-12(18)15(13)14/h4-6,19H,3,7-10H2,1-2H3. The Morgan fingerprint density at radius 3 is 2.54 bits per heavy atom. The molecule has 2 heterocycles. The second-order valence-electron chi connectivity index (χ2n) is 5.77. The lowest BCUT2D eigenvalue weighted by Crippen LogP contribution is -2.50. The molecule has 0 spiro atoms. The van der Waals surface area contributed by atoms with E-state index >= 15 is 0 Å². The van der Waals surface area contributed by atoms with E-state index in [9.17, 15) is 9.59 Å². The molecule has 3 rings (SSSR count). The van der Waals surface area contributed by atoms with Gasteiger partial charge in [-0.3, -0.25) is 4.79 Å². The van der Waals surface area contributed by atoms with Crippen LogP contribution < -0.4 is 0 Å². The monoisotopic (exact) mass is 349 g/mol. The highest BCUT2D eigenvalue weighted by Crippen LogP contribution is 2.30. The Balaban J connectivity index is 1.79. The van der Waals surface area contributed by atoms with Crippen LogP contribution in [0.15, 0.2) is 18.2 Å². The predicted molar refractivity (Wildman–Crippen MR) is 92.5 cm³/mol. The van der Waals surface area contributed by atoms with Gasteiger partial charge in [0.15, 0.2) is 0 Å². The molecule has 6 nitrogen and oxygen atoms in total. The van der Waals surface area contributed by atoms with Crippen molar-refractivity contribution < 1.29 is 14.3 Å². The SMILES string of the molecule is CCOC(=O)N1CCN(C(=O)c2c(C)[nH]c3cccc(Cl)c23)CC1. The first kappa shape index (κ1) is 16.6. The summed E-state index contributed by atoms with van der Waals surface area (Å²) in [4.78, 5) is 31.3. The minimum atomic E-state index is -0.323. The van der Waals surface area contributed by atoms with Gasteiger partial charge in [0.1, 0.15) is 0 Å². The number of hydrogen-bond donors (Lipinski definition) is 1. The fourth-order valence-electron chi connectivity index (χ4n) is 3.07. The molecule has 0 radical (unpaired) electrons. The molecule has 1 N–H and O–H groups in total. The summed E-state index contributed by atoms with van der Waals surface area (Å²) in [5, 5.41) is 1.32. The molecule has 2 aromatic rings. The van der Waals surface area contributed by atoms with Crippen LogP contribution in [0.1, 0.15) is 23.0 Å². The van der Waals surface area contributed by atoms with Crippen LogP contribution in [0.5, 0.6) is 0 Å². The van der Waals surface area contributed by atoms with E-state index in [1.54, 1.807) is 22.8 Å². The molecule has 1 aromatic heterocycles. The van der Waals surface area contributed by atoms with Crippen LogP contribution >= 0.6 is 11.6 Å². The van der Waals surface area contributed by atoms with Gasteiger partial charge in [0, 0.05) is 42.8 Å². The molecular weight excluding hydrogens is 330 g/mol. The molecule has 0 atom stereocenters. The van der Waals surface area contributed by atoms with E-state index in [0.717, 1.165) is 16.6 Å². The maximum atomic E-state index is 13.0. The lowest BCUT2D eigenvalue weighted by Gasteiger charge is -2.34. The third kappa shape index (κ3) is 2.94. The molecule has 0 saturated carbocycles. The number of carbonyl (C=O) groups is 2. The third-order valence-electron chi connectivity index (χ3n) is 4.27. The van der Waals surface area contributed by atoms with Gasteiger partial charge in [0.25, 0.3) is 5.91 Å². The van der Waals surface area contributed by atoms with E-state index in [4.69, 9.17) is 16.3 Å². The highest BCUT2D eigenvalue weighted by molar-refractivity contribution is 6.37. The number of H-pyrrole nitrogens is 1. The summed E-state index contributed by atoms with van der Waals surface area (Å²) in [5.41, 5.74) is 2.27. The van der Waals surface area contributed by atoms with E-state index in [1.807, 2.05) is 19.1 Å². The summed E-state index contributed by atoms with van der Waals surface area (Å²) < 4.78 is 5.00. The maximum absolute atomic E-state index is 13.0. The van der Waals surface area contributed by atoms with Gasteiger partial charge in [-0.25, -0.2) is 4.79 Å². The van der Waals surface area contributed by atoms with Crippen molar-refractivity contribution in [2.75, 3.05) is 32.8 Å². The number of halogens is 1. The molecule has 7 heteroatoms. The van der Waals surface area contributed by atoms with Gasteiger partial charge in [-0.15, -0.1) is 0 Å². The first-order valence-corrected chi connectivity index (χ1v) is 8.38. The van der Waals surface area contributed by atoms with Gasteiger partial charge in [-0.2, -0.15) is 0 Å². The summed E-state index contributed by atoms with van der Waals surface area (Å²) in [7, 11) is 0. The highest BCUT2D eigenvalue weighted by Gasteiger charge is 2.28. The topological polar surface area (TPSA) is 65.6 Å². The Morgan fingerprint density at radius 1 is 1.21 bits per heavy atom. The van der Waals surface area contributed by atoms with Crippen LogP contribution in [0.25, 0.3) is 10.9 Å². The molecule has 24 heavy (non-hydrogen) atoms. The summed E-state index contributed by atoms with van der Waals surface area (Å²) in [6.45, 7) is 5.91. The van der Waals surface area contributed by atoms with Crippen LogP contribution in [-0.4, -0.2) is 59.6 Å². The van der Waals surface area contributed by atoms with Gasteiger partial charge in [-0.05, 0) is 26.0 Å². The Labute approximate surface area is 145 Å². The van der Waals surface area contributed by atoms with Crippen molar-refractivity contribution in [2.24, 2.45) is 0 Å². The summed E-state index contributed by atoms with van der Waals surface area (Å²) >= 11 is 6.30. The minimum absolute atomic E-state index is 0.0599. The van der Waals surface area contributed by atoms with E-state index in [1.165, 1.54) is 0 Å². The lowest BCUT2D eigenvalue weighted by molar-refractivity contribution is 0.0571. The van der Waals surface area contributed by atoms with Gasteiger partial charge < -0.3 is 19.5 Å². The number of fused-ring (bicyclic) bond motifs is 1. The van der Waals surface area contributed by atoms with Crippen LogP contribution in [0.2, 0.25) is 5.02 Å². The van der Waals surface area contributed by atoms with Crippen molar-refractivity contribution in [3.63, 3.8) is 0 Å². The normalized spacial score (nSPS) is 15.0. The molecule has 1 aliphatic rings. The predicted octanol–water partition coefficient (Wildman–Crippen LogP) is 3.04. The Morgan fingerprint density at radius 2 is 1.88 bits per heavy atom. The fourth-order valence-corrected chi connectivity index (χ4v) is 3.34. The zero-order chi connectivity index (χ0) is 17.3. The number of piperazine rings is 1. The van der Waals surface area contributed by atoms with Crippen LogP contribution in [0, 0.1) is 6.92 Å². The Bertz CT molecular complexity index is 779. The quantitative estimate of drug-likeness (QED) is 0.906. The summed E-state index contributed by atoms with van der Waals surface area (Å²) in [5.74, 6) is -0.0599. The second-order valence-corrected chi connectivity index (χ2v) is 6.17. The molecule has 1 aromatic carbocycles. The van der Waals surface area contributed by atoms with E-state index in [-0.39, 0.29) is 12.0 Å². The summed E-state index contributed by atoms with van der Waals surface area (Å²) in [6.07, 6.45) is -0.323. The molecule has 128 valence electrons. The van der Waals surface area contributed by atoms with Gasteiger partial charge in [0.05, 0.1) is 17.2 Å². The number of carbonyl (C=O) groups excluding carboxylic acids is 2. The number of amides is 2. The number of rotatable bonds is 2. The molecule has 1 saturated heterocycles. The third-order valence-corrected chi connectivity index (χ3v) is 4.58. The van der Waals surface area contributed by atoms with Crippen LogP contribution in [0.4, 0.5) is 4.79 Å². The minimum Gasteiger partial charge on any atom is -0.450 e. The largest absolute Gasteiger partial charge is 0.450 e. The molecule has 1 fully saturated rings. The number of benzene rings is 1. The van der Waals surface area contributed by atoms with Gasteiger partial charge in [0.2, 0.25) is 0 Å². The van der Waals surface area contributed by atoms with Crippen molar-refractivity contribution in [2.45, 2.75) is 13.8 Å². The van der Waals surface area contributed by atoms with Gasteiger partial charge >= 0.3 is 6.09 Å². The van der Waals surface area contributed by atoms with Gasteiger partial charge in [-0.1, -0.05) is 17.7 Å². The van der Waals surface area contributed by atoms with Crippen LogP contribution in [-0.2, 0) is 4.74 Å². The molecule has 2 amide bonds. The smallest absolute Gasteiger partial charge is 0.409 e. The first-order chi connectivity index (χ1) is 11.5. The van der Waals surface area contributed by atoms with Crippen molar-refractivity contribution in [1.29, 1.82) is 0 Å². The first-order valence-electron chi connectivity index (χ1n) is 8.00. The van der Waals surface area contributed by atoms with E-state index in [0.29, 0.717) is 43.4 Å². The lowest BCUT2D eigenvalue weighted by atomic mass is 10.1. The van der Waals surface area contributed by atoms with Crippen molar-refractivity contribution in [1.82, 2.24) is 14.8 Å². The van der Waals surface area contributed by atoms with Crippen molar-refractivity contribution in [3.8, 4) is 0 Å². The Hall–Kier alpha value is -2.21. The zero-order valence-electron chi connectivity index (χ0n) is 13.8. The fraction of sp³-hybridized carbons (Fsp3) is 0.412.